The topological polar surface area (TPSA) is 46.5 Å². The first-order valence-electron chi connectivity index (χ1n) is 3.11. The number of allylic oxidation sites excluding steroid dienone is 1. The van der Waals surface area contributed by atoms with Crippen molar-refractivity contribution in [1.29, 1.82) is 0 Å². The average Bonchev–Trinajstić information content (AvgIpc) is 1.85. The van der Waals surface area contributed by atoms with E-state index in [0.717, 1.165) is 6.42 Å². The number of hydrogen-bond donors (Lipinski definition) is 1. The SMILES string of the molecule is C=CC.CCCOC(=O)O. The van der Waals surface area contributed by atoms with Crippen molar-refractivity contribution in [2.45, 2.75) is 20.3 Å². The summed E-state index contributed by atoms with van der Waals surface area (Å²) in [4.78, 5) is 9.54. The van der Waals surface area contributed by atoms with Crippen LogP contribution in [0, 0.1) is 0 Å². The van der Waals surface area contributed by atoms with Crippen molar-refractivity contribution < 1.29 is 14.6 Å². The molecule has 0 radical (unpaired) electrons. The molecular weight excluding hydrogens is 132 g/mol. The third-order valence-electron chi connectivity index (χ3n) is 0.430. The summed E-state index contributed by atoms with van der Waals surface area (Å²) in [5, 5.41) is 7.82. The van der Waals surface area contributed by atoms with Crippen molar-refractivity contribution in [2.24, 2.45) is 0 Å². The lowest BCUT2D eigenvalue weighted by Crippen LogP contribution is -1.99. The van der Waals surface area contributed by atoms with Gasteiger partial charge in [-0.3, -0.25) is 0 Å². The van der Waals surface area contributed by atoms with E-state index in [1.54, 1.807) is 6.08 Å². The Balaban J connectivity index is 0. The van der Waals surface area contributed by atoms with Gasteiger partial charge in [-0.05, 0) is 13.3 Å². The van der Waals surface area contributed by atoms with Crippen LogP contribution in [0.25, 0.3) is 0 Å². The molecule has 0 atom stereocenters. The molecule has 0 fully saturated rings. The lowest BCUT2D eigenvalue weighted by Gasteiger charge is -1.91. The molecule has 0 rings (SSSR count). The fourth-order valence-electron chi connectivity index (χ4n) is 0.189. The molecule has 3 heteroatoms. The summed E-state index contributed by atoms with van der Waals surface area (Å²) >= 11 is 0. The van der Waals surface area contributed by atoms with Gasteiger partial charge in [0.1, 0.15) is 0 Å². The summed E-state index contributed by atoms with van der Waals surface area (Å²) in [7, 11) is 0. The van der Waals surface area contributed by atoms with Crippen molar-refractivity contribution >= 4 is 6.16 Å². The molecule has 0 saturated heterocycles. The number of ether oxygens (including phenoxy) is 1. The van der Waals surface area contributed by atoms with Gasteiger partial charge >= 0.3 is 6.16 Å². The van der Waals surface area contributed by atoms with Gasteiger partial charge in [-0.15, -0.1) is 6.58 Å². The van der Waals surface area contributed by atoms with Crippen molar-refractivity contribution in [3.63, 3.8) is 0 Å². The minimum absolute atomic E-state index is 0.301. The van der Waals surface area contributed by atoms with Crippen molar-refractivity contribution in [3.05, 3.63) is 12.7 Å². The molecule has 0 aromatic rings. The summed E-state index contributed by atoms with van der Waals surface area (Å²) in [6.07, 6.45) is 1.30. The Morgan fingerprint density at radius 2 is 2.20 bits per heavy atom. The Morgan fingerprint density at radius 3 is 2.30 bits per heavy atom. The molecule has 0 aliphatic carbocycles. The molecule has 0 spiro atoms. The number of carboxylic acid groups (broad SMARTS) is 1. The smallest absolute Gasteiger partial charge is 0.450 e. The van der Waals surface area contributed by atoms with Gasteiger partial charge in [0.05, 0.1) is 6.61 Å². The zero-order valence-electron chi connectivity index (χ0n) is 6.46. The van der Waals surface area contributed by atoms with E-state index in [1.165, 1.54) is 0 Å². The molecule has 0 aliphatic rings. The van der Waals surface area contributed by atoms with Gasteiger partial charge in [0.2, 0.25) is 0 Å². The van der Waals surface area contributed by atoms with Crippen molar-refractivity contribution in [1.82, 2.24) is 0 Å². The zero-order chi connectivity index (χ0) is 8.41. The normalized spacial score (nSPS) is 7.00. The lowest BCUT2D eigenvalue weighted by molar-refractivity contribution is 0.0918. The second kappa shape index (κ2) is 10.9. The minimum atomic E-state index is -1.19. The first-order chi connectivity index (χ1) is 4.68. The highest BCUT2D eigenvalue weighted by Gasteiger charge is 1.89. The fraction of sp³-hybridized carbons (Fsp3) is 0.571. The Bertz CT molecular complexity index is 88.9. The predicted molar refractivity (Wildman–Crippen MR) is 40.1 cm³/mol. The van der Waals surface area contributed by atoms with Crippen LogP contribution < -0.4 is 0 Å². The quantitative estimate of drug-likeness (QED) is 0.480. The number of rotatable bonds is 2. The fourth-order valence-corrected chi connectivity index (χ4v) is 0.189. The Labute approximate surface area is 61.3 Å². The predicted octanol–water partition coefficient (Wildman–Crippen LogP) is 2.28. The van der Waals surface area contributed by atoms with Gasteiger partial charge < -0.3 is 9.84 Å². The molecule has 0 unspecified atom stereocenters. The highest BCUT2D eigenvalue weighted by atomic mass is 16.7. The molecule has 1 N–H and O–H groups in total. The molecular formula is C7H14O3. The third kappa shape index (κ3) is 27.9. The summed E-state index contributed by atoms with van der Waals surface area (Å²) in [5.74, 6) is 0. The maximum Gasteiger partial charge on any atom is 0.505 e. The van der Waals surface area contributed by atoms with E-state index >= 15 is 0 Å². The van der Waals surface area contributed by atoms with E-state index in [0.29, 0.717) is 6.61 Å². The van der Waals surface area contributed by atoms with E-state index in [2.05, 4.69) is 11.3 Å². The van der Waals surface area contributed by atoms with Crippen molar-refractivity contribution in [3.8, 4) is 0 Å². The Morgan fingerprint density at radius 1 is 1.80 bits per heavy atom. The van der Waals surface area contributed by atoms with Crippen LogP contribution >= 0.6 is 0 Å². The molecule has 3 nitrogen and oxygen atoms in total. The molecule has 0 amide bonds. The van der Waals surface area contributed by atoms with Crippen LogP contribution in [0.1, 0.15) is 20.3 Å². The molecule has 0 heterocycles. The zero-order valence-corrected chi connectivity index (χ0v) is 6.46. The van der Waals surface area contributed by atoms with Gasteiger partial charge in [-0.25, -0.2) is 4.79 Å². The molecule has 0 aromatic carbocycles. The lowest BCUT2D eigenvalue weighted by atomic mass is 10.5. The largest absolute Gasteiger partial charge is 0.505 e. The first-order valence-corrected chi connectivity index (χ1v) is 3.11. The second-order valence-electron chi connectivity index (χ2n) is 1.52. The van der Waals surface area contributed by atoms with Gasteiger partial charge in [0, 0.05) is 0 Å². The van der Waals surface area contributed by atoms with Crippen molar-refractivity contribution in [2.75, 3.05) is 6.61 Å². The van der Waals surface area contributed by atoms with Gasteiger partial charge in [0.15, 0.2) is 0 Å². The summed E-state index contributed by atoms with van der Waals surface area (Å²) in [5.41, 5.74) is 0. The molecule has 0 aromatic heterocycles. The average molecular weight is 146 g/mol. The van der Waals surface area contributed by atoms with E-state index in [-0.39, 0.29) is 0 Å². The van der Waals surface area contributed by atoms with E-state index in [4.69, 9.17) is 5.11 Å². The van der Waals surface area contributed by atoms with Crippen LogP contribution in [0.5, 0.6) is 0 Å². The molecule has 10 heavy (non-hydrogen) atoms. The highest BCUT2D eigenvalue weighted by molar-refractivity contribution is 5.56. The number of hydrogen-bond acceptors (Lipinski definition) is 2. The Kier molecular flexibility index (Phi) is 12.8. The molecule has 0 aliphatic heterocycles. The van der Waals surface area contributed by atoms with Gasteiger partial charge in [-0.2, -0.15) is 0 Å². The van der Waals surface area contributed by atoms with E-state index < -0.39 is 6.16 Å². The third-order valence-corrected chi connectivity index (χ3v) is 0.430. The van der Waals surface area contributed by atoms with E-state index in [9.17, 15) is 4.79 Å². The van der Waals surface area contributed by atoms with Crippen LogP contribution in [0.4, 0.5) is 4.79 Å². The Hall–Kier alpha value is -0.990. The number of carbonyl (C=O) groups is 1. The maximum absolute atomic E-state index is 9.54. The van der Waals surface area contributed by atoms with E-state index in [1.807, 2.05) is 13.8 Å². The summed E-state index contributed by atoms with van der Waals surface area (Å²) in [6.45, 7) is 7.40. The van der Waals surface area contributed by atoms with Crippen LogP contribution in [0.2, 0.25) is 0 Å². The van der Waals surface area contributed by atoms with Crippen LogP contribution in [-0.4, -0.2) is 17.9 Å². The second-order valence-corrected chi connectivity index (χ2v) is 1.52. The monoisotopic (exact) mass is 146 g/mol. The maximum atomic E-state index is 9.54. The highest BCUT2D eigenvalue weighted by Crippen LogP contribution is 1.78. The van der Waals surface area contributed by atoms with Crippen LogP contribution in [0.15, 0.2) is 12.7 Å². The van der Waals surface area contributed by atoms with Gasteiger partial charge in [-0.1, -0.05) is 13.0 Å². The standard InChI is InChI=1S/C4H8O3.C3H6/c1-2-3-7-4(5)6;1-3-2/h2-3H2,1H3,(H,5,6);3H,1H2,2H3. The summed E-state index contributed by atoms with van der Waals surface area (Å²) in [6, 6.07) is 0. The molecule has 60 valence electrons. The molecule has 0 bridgehead atoms. The first kappa shape index (κ1) is 11.8. The molecule has 0 saturated carbocycles. The van der Waals surface area contributed by atoms with Crippen LogP contribution in [0.3, 0.4) is 0 Å². The summed E-state index contributed by atoms with van der Waals surface area (Å²) < 4.78 is 4.11. The van der Waals surface area contributed by atoms with Crippen LogP contribution in [-0.2, 0) is 4.74 Å². The minimum Gasteiger partial charge on any atom is -0.450 e. The van der Waals surface area contributed by atoms with Gasteiger partial charge in [0.25, 0.3) is 0 Å².